The Bertz CT molecular complexity index is 488. The molecular weight excluding hydrogens is 250 g/mol. The van der Waals surface area contributed by atoms with Crippen molar-refractivity contribution in [2.75, 3.05) is 7.05 Å². The second kappa shape index (κ2) is 7.25. The van der Waals surface area contributed by atoms with Crippen LogP contribution in [-0.4, -0.2) is 7.05 Å². The van der Waals surface area contributed by atoms with Crippen molar-refractivity contribution in [3.63, 3.8) is 0 Å². The van der Waals surface area contributed by atoms with Gasteiger partial charge in [0.05, 0.1) is 0 Å². The molecule has 0 radical (unpaired) electrons. The first-order valence-corrected chi connectivity index (χ1v) is 6.98. The Morgan fingerprint density at radius 2 is 2.05 bits per heavy atom. The predicted molar refractivity (Wildman–Crippen MR) is 87.8 cm³/mol. The van der Waals surface area contributed by atoms with Crippen LogP contribution in [0.25, 0.3) is 0 Å². The van der Waals surface area contributed by atoms with Gasteiger partial charge in [0.1, 0.15) is 0 Å². The molecule has 19 heavy (non-hydrogen) atoms. The lowest BCUT2D eigenvalue weighted by atomic mass is 9.79. The fraction of sp³-hybridized carbons (Fsp3) is 0.294. The molecule has 0 heterocycles. The number of rotatable bonds is 6. The minimum absolute atomic E-state index is 0.0191. The summed E-state index contributed by atoms with van der Waals surface area (Å²) < 4.78 is 0. The lowest BCUT2D eigenvalue weighted by Crippen LogP contribution is -2.18. The molecule has 0 saturated carbocycles. The van der Waals surface area contributed by atoms with Gasteiger partial charge in [-0.05, 0) is 35.9 Å². The average molecular weight is 273 g/mol. The van der Waals surface area contributed by atoms with E-state index in [9.17, 15) is 0 Å². The summed E-state index contributed by atoms with van der Waals surface area (Å²) in [4.78, 5) is 1.04. The third-order valence-electron chi connectivity index (χ3n) is 3.38. The Hall–Kier alpha value is -1.41. The van der Waals surface area contributed by atoms with E-state index in [1.54, 1.807) is 0 Å². The van der Waals surface area contributed by atoms with Crippen LogP contribution in [-0.2, 0) is 5.41 Å². The van der Waals surface area contributed by atoms with Crippen molar-refractivity contribution in [3.8, 4) is 0 Å². The predicted octanol–water partition coefficient (Wildman–Crippen LogP) is 4.49. The van der Waals surface area contributed by atoms with E-state index in [-0.39, 0.29) is 5.41 Å². The number of hydrogen-bond acceptors (Lipinski definition) is 2. The van der Waals surface area contributed by atoms with Crippen molar-refractivity contribution in [3.05, 3.63) is 66.4 Å². The van der Waals surface area contributed by atoms with Crippen LogP contribution in [0.3, 0.4) is 0 Å². The summed E-state index contributed by atoms with van der Waals surface area (Å²) in [5.41, 5.74) is 2.21. The molecule has 0 saturated heterocycles. The third-order valence-corrected chi connectivity index (χ3v) is 3.77. The second-order valence-electron chi connectivity index (χ2n) is 4.82. The average Bonchev–Trinajstić information content (AvgIpc) is 2.43. The molecular formula is C17H23NS. The van der Waals surface area contributed by atoms with Gasteiger partial charge in [0.2, 0.25) is 0 Å². The first-order valence-electron chi connectivity index (χ1n) is 6.54. The normalized spacial score (nSPS) is 14.7. The number of hydrogen-bond donors (Lipinski definition) is 2. The number of nitrogens with one attached hydrogen (secondary N) is 1. The van der Waals surface area contributed by atoms with Crippen molar-refractivity contribution in [2.24, 2.45) is 0 Å². The van der Waals surface area contributed by atoms with Crippen molar-refractivity contribution in [1.82, 2.24) is 5.32 Å². The minimum atomic E-state index is -0.0191. The zero-order valence-corrected chi connectivity index (χ0v) is 12.9. The molecule has 1 unspecified atom stereocenters. The first-order chi connectivity index (χ1) is 9.03. The van der Waals surface area contributed by atoms with E-state index in [0.29, 0.717) is 0 Å². The molecule has 1 aromatic carbocycles. The lowest BCUT2D eigenvalue weighted by molar-refractivity contribution is 0.562. The molecule has 1 N–H and O–H groups in total. The third kappa shape index (κ3) is 4.32. The molecule has 1 nitrogen and oxygen atoms in total. The van der Waals surface area contributed by atoms with Gasteiger partial charge in [-0.2, -0.15) is 0 Å². The van der Waals surface area contributed by atoms with Gasteiger partial charge in [-0.25, -0.2) is 0 Å². The van der Waals surface area contributed by atoms with Crippen LogP contribution >= 0.6 is 12.6 Å². The van der Waals surface area contributed by atoms with Crippen molar-refractivity contribution < 1.29 is 0 Å². The topological polar surface area (TPSA) is 12.0 Å². The van der Waals surface area contributed by atoms with E-state index >= 15 is 0 Å². The Labute approximate surface area is 122 Å². The highest BCUT2D eigenvalue weighted by molar-refractivity contribution is 7.80. The quantitative estimate of drug-likeness (QED) is 0.575. The molecule has 0 spiro atoms. The van der Waals surface area contributed by atoms with Crippen LogP contribution in [0.1, 0.15) is 25.8 Å². The Balaban J connectivity index is 2.99. The summed E-state index contributed by atoms with van der Waals surface area (Å²) in [5.74, 6) is 0. The summed E-state index contributed by atoms with van der Waals surface area (Å²) >= 11 is 4.57. The maximum absolute atomic E-state index is 4.57. The fourth-order valence-electron chi connectivity index (χ4n) is 1.89. The monoisotopic (exact) mass is 273 g/mol. The van der Waals surface area contributed by atoms with Gasteiger partial charge in [-0.15, -0.1) is 12.6 Å². The summed E-state index contributed by atoms with van der Waals surface area (Å²) in [7, 11) is 1.88. The second-order valence-corrected chi connectivity index (χ2v) is 5.30. The smallest absolute Gasteiger partial charge is 0.0115 e. The van der Waals surface area contributed by atoms with E-state index in [0.717, 1.165) is 16.9 Å². The van der Waals surface area contributed by atoms with Crippen LogP contribution in [0.15, 0.2) is 65.7 Å². The van der Waals surface area contributed by atoms with Gasteiger partial charge in [0, 0.05) is 17.4 Å². The van der Waals surface area contributed by atoms with Crippen molar-refractivity contribution in [1.29, 1.82) is 0 Å². The van der Waals surface area contributed by atoms with Crippen molar-refractivity contribution in [2.45, 2.75) is 30.6 Å². The zero-order valence-electron chi connectivity index (χ0n) is 12.0. The molecule has 0 aliphatic rings. The van der Waals surface area contributed by atoms with Gasteiger partial charge < -0.3 is 5.32 Å². The summed E-state index contributed by atoms with van der Waals surface area (Å²) in [6.07, 6.45) is 9.13. The Kier molecular flexibility index (Phi) is 5.97. The van der Waals surface area contributed by atoms with E-state index in [1.807, 2.05) is 31.5 Å². The lowest BCUT2D eigenvalue weighted by Gasteiger charge is -2.26. The highest BCUT2D eigenvalue weighted by atomic mass is 32.1. The summed E-state index contributed by atoms with van der Waals surface area (Å²) in [5, 5.41) is 2.96. The van der Waals surface area contributed by atoms with E-state index < -0.39 is 0 Å². The van der Waals surface area contributed by atoms with Gasteiger partial charge in [0.25, 0.3) is 0 Å². The molecule has 1 rings (SSSR count). The molecule has 0 bridgehead atoms. The van der Waals surface area contributed by atoms with Crippen LogP contribution in [0, 0.1) is 0 Å². The Morgan fingerprint density at radius 1 is 1.37 bits per heavy atom. The van der Waals surface area contributed by atoms with Crippen LogP contribution in [0.5, 0.6) is 0 Å². The molecule has 0 aliphatic carbocycles. The SMILES string of the molecule is C=C(/C=C\NC)/C=C\C(C)(CC)c1ccccc1S. The standard InChI is InChI=1S/C17H23NS/c1-5-17(3,12-10-14(2)11-13-18-4)15-8-6-7-9-16(15)19/h6-13,18-19H,2,5H2,1,3-4H3/b12-10-,13-11-. The van der Waals surface area contributed by atoms with Crippen LogP contribution < -0.4 is 5.32 Å². The zero-order chi connectivity index (χ0) is 14.3. The van der Waals surface area contributed by atoms with Crippen LogP contribution in [0.2, 0.25) is 0 Å². The highest BCUT2D eigenvalue weighted by Crippen LogP contribution is 2.33. The molecule has 0 aliphatic heterocycles. The molecule has 0 aromatic heterocycles. The fourth-order valence-corrected chi connectivity index (χ4v) is 2.31. The van der Waals surface area contributed by atoms with Gasteiger partial charge in [-0.1, -0.05) is 50.8 Å². The summed E-state index contributed by atoms with van der Waals surface area (Å²) in [6, 6.07) is 8.25. The molecule has 1 aromatic rings. The van der Waals surface area contributed by atoms with Gasteiger partial charge in [-0.3, -0.25) is 0 Å². The molecule has 0 amide bonds. The maximum Gasteiger partial charge on any atom is 0.0115 e. The molecule has 102 valence electrons. The molecule has 0 fully saturated rings. The number of thiol groups is 1. The number of benzene rings is 1. The number of allylic oxidation sites excluding steroid dienone is 4. The first kappa shape index (κ1) is 15.6. The van der Waals surface area contributed by atoms with Crippen molar-refractivity contribution >= 4 is 12.6 Å². The highest BCUT2D eigenvalue weighted by Gasteiger charge is 2.22. The minimum Gasteiger partial charge on any atom is -0.394 e. The van der Waals surface area contributed by atoms with Gasteiger partial charge in [0.15, 0.2) is 0 Å². The van der Waals surface area contributed by atoms with Gasteiger partial charge >= 0.3 is 0 Å². The largest absolute Gasteiger partial charge is 0.394 e. The maximum atomic E-state index is 4.57. The molecule has 2 heteroatoms. The Morgan fingerprint density at radius 3 is 2.63 bits per heavy atom. The van der Waals surface area contributed by atoms with E-state index in [4.69, 9.17) is 0 Å². The summed E-state index contributed by atoms with van der Waals surface area (Å²) in [6.45, 7) is 8.43. The van der Waals surface area contributed by atoms with E-state index in [1.165, 1.54) is 5.56 Å². The molecule has 1 atom stereocenters. The van der Waals surface area contributed by atoms with E-state index in [2.05, 4.69) is 62.7 Å². The van der Waals surface area contributed by atoms with Crippen LogP contribution in [0.4, 0.5) is 0 Å².